The van der Waals surface area contributed by atoms with Gasteiger partial charge < -0.3 is 14.8 Å². The molecule has 1 fully saturated rings. The number of anilines is 1. The van der Waals surface area contributed by atoms with Crippen molar-refractivity contribution in [2.75, 3.05) is 18.5 Å². The number of nitrogens with one attached hydrogen (secondary N) is 1. The number of para-hydroxylation sites is 1. The van der Waals surface area contributed by atoms with E-state index in [4.69, 9.17) is 32.7 Å². The SMILES string of the molecule is CCCCOC(=O)c1cc(NC(=O)CN2C(=O)S/C(=C/c3ccccc3OCc3ccc(Cl)cc3)C2=O)ccc1Cl. The summed E-state index contributed by atoms with van der Waals surface area (Å²) in [4.78, 5) is 51.8. The van der Waals surface area contributed by atoms with Gasteiger partial charge in [0.2, 0.25) is 5.91 Å². The summed E-state index contributed by atoms with van der Waals surface area (Å²) < 4.78 is 11.1. The average molecular weight is 614 g/mol. The van der Waals surface area contributed by atoms with Crippen molar-refractivity contribution in [3.8, 4) is 5.75 Å². The lowest BCUT2D eigenvalue weighted by Gasteiger charge is -2.13. The van der Waals surface area contributed by atoms with Crippen LogP contribution in [-0.2, 0) is 20.9 Å². The zero-order chi connectivity index (χ0) is 29.4. The molecule has 1 aliphatic heterocycles. The molecule has 1 heterocycles. The standard InChI is InChI=1S/C30H26Cl2N2O6S/c1-2-3-14-39-29(37)23-16-22(12-13-24(23)32)33-27(35)17-34-28(36)26(41-30(34)38)15-20-6-4-5-7-25(20)40-18-19-8-10-21(31)11-9-19/h4-13,15-16H,2-3,14,17-18H2,1H3,(H,33,35)/b26-15+. The highest BCUT2D eigenvalue weighted by atomic mass is 35.5. The molecule has 0 unspecified atom stereocenters. The van der Waals surface area contributed by atoms with E-state index in [-0.39, 0.29) is 34.4 Å². The Labute approximate surface area is 251 Å². The van der Waals surface area contributed by atoms with Crippen LogP contribution in [0.5, 0.6) is 5.75 Å². The summed E-state index contributed by atoms with van der Waals surface area (Å²) in [7, 11) is 0. The number of unbranched alkanes of at least 4 members (excludes halogenated alkanes) is 1. The van der Waals surface area contributed by atoms with Gasteiger partial charge in [-0.2, -0.15) is 0 Å². The molecule has 0 atom stereocenters. The van der Waals surface area contributed by atoms with Gasteiger partial charge in [0.1, 0.15) is 18.9 Å². The van der Waals surface area contributed by atoms with Crippen molar-refractivity contribution in [3.05, 3.63) is 98.4 Å². The first kappa shape index (κ1) is 30.2. The third kappa shape index (κ3) is 8.13. The number of ether oxygens (including phenoxy) is 2. The molecule has 3 aromatic carbocycles. The van der Waals surface area contributed by atoms with Gasteiger partial charge in [-0.15, -0.1) is 0 Å². The van der Waals surface area contributed by atoms with Crippen molar-refractivity contribution in [3.63, 3.8) is 0 Å². The van der Waals surface area contributed by atoms with E-state index >= 15 is 0 Å². The molecular formula is C30H26Cl2N2O6S. The third-order valence-electron chi connectivity index (χ3n) is 5.89. The number of carbonyl (C=O) groups excluding carboxylic acids is 4. The first-order chi connectivity index (χ1) is 19.7. The summed E-state index contributed by atoms with van der Waals surface area (Å²) in [6.45, 7) is 2.01. The number of esters is 1. The number of rotatable bonds is 11. The van der Waals surface area contributed by atoms with E-state index in [0.29, 0.717) is 22.8 Å². The maximum absolute atomic E-state index is 13.0. The van der Waals surface area contributed by atoms with Crippen LogP contribution in [0.1, 0.15) is 41.3 Å². The fourth-order valence-corrected chi connectivity index (χ4v) is 4.89. The van der Waals surface area contributed by atoms with Crippen molar-refractivity contribution in [2.45, 2.75) is 26.4 Å². The van der Waals surface area contributed by atoms with E-state index in [1.807, 2.05) is 19.1 Å². The molecule has 11 heteroatoms. The van der Waals surface area contributed by atoms with Crippen molar-refractivity contribution in [1.82, 2.24) is 4.90 Å². The lowest BCUT2D eigenvalue weighted by Crippen LogP contribution is -2.36. The topological polar surface area (TPSA) is 102 Å². The van der Waals surface area contributed by atoms with Crippen LogP contribution in [0.15, 0.2) is 71.6 Å². The van der Waals surface area contributed by atoms with Gasteiger partial charge in [0, 0.05) is 16.3 Å². The molecule has 1 N–H and O–H groups in total. The van der Waals surface area contributed by atoms with Gasteiger partial charge >= 0.3 is 5.97 Å². The van der Waals surface area contributed by atoms with Crippen LogP contribution >= 0.6 is 35.0 Å². The normalized spacial score (nSPS) is 13.9. The zero-order valence-electron chi connectivity index (χ0n) is 22.0. The Balaban J connectivity index is 1.40. The minimum absolute atomic E-state index is 0.103. The highest BCUT2D eigenvalue weighted by Gasteiger charge is 2.36. The fourth-order valence-electron chi connectivity index (χ4n) is 3.74. The number of benzene rings is 3. The predicted molar refractivity (Wildman–Crippen MR) is 160 cm³/mol. The van der Waals surface area contributed by atoms with Crippen LogP contribution in [0.25, 0.3) is 6.08 Å². The molecule has 4 rings (SSSR count). The van der Waals surface area contributed by atoms with Gasteiger partial charge in [0.15, 0.2) is 0 Å². The summed E-state index contributed by atoms with van der Waals surface area (Å²) in [5, 5.41) is 2.83. The molecule has 1 aliphatic rings. The summed E-state index contributed by atoms with van der Waals surface area (Å²) in [5.41, 5.74) is 1.90. The molecule has 3 amide bonds. The van der Waals surface area contributed by atoms with E-state index in [2.05, 4.69) is 5.32 Å². The molecule has 3 aromatic rings. The number of hydrogen-bond donors (Lipinski definition) is 1. The van der Waals surface area contributed by atoms with Gasteiger partial charge in [0.05, 0.1) is 22.1 Å². The molecular weight excluding hydrogens is 587 g/mol. The second-order valence-electron chi connectivity index (χ2n) is 8.95. The zero-order valence-corrected chi connectivity index (χ0v) is 24.4. The van der Waals surface area contributed by atoms with Crippen LogP contribution in [-0.4, -0.2) is 41.1 Å². The second-order valence-corrected chi connectivity index (χ2v) is 10.8. The first-order valence-corrected chi connectivity index (χ1v) is 14.3. The van der Waals surface area contributed by atoms with Gasteiger partial charge in [-0.25, -0.2) is 4.79 Å². The molecule has 0 saturated carbocycles. The Bertz CT molecular complexity index is 1490. The van der Waals surface area contributed by atoms with Crippen LogP contribution < -0.4 is 10.1 Å². The minimum atomic E-state index is -0.618. The van der Waals surface area contributed by atoms with Gasteiger partial charge in [-0.1, -0.05) is 66.9 Å². The Morgan fingerprint density at radius 3 is 2.54 bits per heavy atom. The molecule has 0 radical (unpaired) electrons. The summed E-state index contributed by atoms with van der Waals surface area (Å²) in [6.07, 6.45) is 3.15. The maximum atomic E-state index is 13.0. The fraction of sp³-hybridized carbons (Fsp3) is 0.200. The summed E-state index contributed by atoms with van der Waals surface area (Å²) in [6, 6.07) is 18.7. The highest BCUT2D eigenvalue weighted by Crippen LogP contribution is 2.34. The molecule has 41 heavy (non-hydrogen) atoms. The van der Waals surface area contributed by atoms with Gasteiger partial charge in [-0.05, 0) is 66.2 Å². The predicted octanol–water partition coefficient (Wildman–Crippen LogP) is 7.20. The summed E-state index contributed by atoms with van der Waals surface area (Å²) >= 11 is 12.8. The number of amides is 3. The van der Waals surface area contributed by atoms with Crippen molar-refractivity contribution < 1.29 is 28.7 Å². The monoisotopic (exact) mass is 612 g/mol. The average Bonchev–Trinajstić information content (AvgIpc) is 3.21. The molecule has 0 bridgehead atoms. The lowest BCUT2D eigenvalue weighted by molar-refractivity contribution is -0.127. The number of carbonyl (C=O) groups is 4. The Hall–Kier alpha value is -3.79. The van der Waals surface area contributed by atoms with Crippen LogP contribution in [0.2, 0.25) is 10.0 Å². The maximum Gasteiger partial charge on any atom is 0.339 e. The number of thioether (sulfide) groups is 1. The Kier molecular flexibility index (Phi) is 10.5. The molecule has 212 valence electrons. The minimum Gasteiger partial charge on any atom is -0.488 e. The number of imide groups is 1. The number of nitrogens with zero attached hydrogens (tertiary/aromatic N) is 1. The smallest absolute Gasteiger partial charge is 0.339 e. The molecule has 1 saturated heterocycles. The Morgan fingerprint density at radius 1 is 1.02 bits per heavy atom. The van der Waals surface area contributed by atoms with E-state index < -0.39 is 29.6 Å². The van der Waals surface area contributed by atoms with Crippen molar-refractivity contribution >= 4 is 69.8 Å². The largest absolute Gasteiger partial charge is 0.488 e. The van der Waals surface area contributed by atoms with E-state index in [1.54, 1.807) is 42.5 Å². The number of halogens is 2. The lowest BCUT2D eigenvalue weighted by atomic mass is 10.1. The second kappa shape index (κ2) is 14.2. The van der Waals surface area contributed by atoms with Crippen LogP contribution in [0, 0.1) is 0 Å². The molecule has 8 nitrogen and oxygen atoms in total. The molecule has 0 aliphatic carbocycles. The quantitative estimate of drug-likeness (QED) is 0.139. The highest BCUT2D eigenvalue weighted by molar-refractivity contribution is 8.18. The first-order valence-electron chi connectivity index (χ1n) is 12.7. The third-order valence-corrected chi connectivity index (χ3v) is 7.38. The van der Waals surface area contributed by atoms with Crippen LogP contribution in [0.4, 0.5) is 10.5 Å². The van der Waals surface area contributed by atoms with E-state index in [0.717, 1.165) is 28.6 Å². The summed E-state index contributed by atoms with van der Waals surface area (Å²) in [5.74, 6) is -1.29. The van der Waals surface area contributed by atoms with Gasteiger partial charge in [-0.3, -0.25) is 19.3 Å². The Morgan fingerprint density at radius 2 is 1.78 bits per heavy atom. The van der Waals surface area contributed by atoms with Gasteiger partial charge in [0.25, 0.3) is 11.1 Å². The van der Waals surface area contributed by atoms with Crippen LogP contribution in [0.3, 0.4) is 0 Å². The van der Waals surface area contributed by atoms with Crippen molar-refractivity contribution in [1.29, 1.82) is 0 Å². The molecule has 0 spiro atoms. The number of hydrogen-bond acceptors (Lipinski definition) is 7. The van der Waals surface area contributed by atoms with E-state index in [1.165, 1.54) is 18.2 Å². The van der Waals surface area contributed by atoms with E-state index in [9.17, 15) is 19.2 Å². The van der Waals surface area contributed by atoms with Crippen molar-refractivity contribution in [2.24, 2.45) is 0 Å². The molecule has 0 aromatic heterocycles.